The predicted molar refractivity (Wildman–Crippen MR) is 74.0 cm³/mol. The molecule has 0 spiro atoms. The summed E-state index contributed by atoms with van der Waals surface area (Å²) >= 11 is 0. The number of nitrogen functional groups attached to an aromatic ring is 1. The molecule has 0 saturated carbocycles. The maximum Gasteiger partial charge on any atom is 0.134 e. The van der Waals surface area contributed by atoms with Crippen LogP contribution in [0.1, 0.15) is 31.7 Å². The highest BCUT2D eigenvalue weighted by molar-refractivity contribution is 5.55. The highest BCUT2D eigenvalue weighted by Crippen LogP contribution is 2.27. The lowest BCUT2D eigenvalue weighted by Crippen LogP contribution is -2.43. The van der Waals surface area contributed by atoms with Crippen LogP contribution in [0.4, 0.5) is 11.6 Å². The number of rotatable bonds is 4. The minimum absolute atomic E-state index is 0.176. The van der Waals surface area contributed by atoms with Crippen LogP contribution < -0.4 is 11.1 Å². The molecule has 1 aromatic heterocycles. The number of anilines is 2. The first kappa shape index (κ1) is 14.0. The van der Waals surface area contributed by atoms with Gasteiger partial charge in [-0.25, -0.2) is 9.97 Å². The van der Waals surface area contributed by atoms with Crippen LogP contribution in [0.2, 0.25) is 0 Å². The van der Waals surface area contributed by atoms with Gasteiger partial charge in [-0.05, 0) is 13.8 Å². The van der Waals surface area contributed by atoms with E-state index < -0.39 is 5.60 Å². The number of hydrogen-bond acceptors (Lipinski definition) is 6. The molecule has 1 aromatic rings. The van der Waals surface area contributed by atoms with Crippen molar-refractivity contribution in [1.82, 2.24) is 9.97 Å². The van der Waals surface area contributed by atoms with Crippen LogP contribution in [0.5, 0.6) is 0 Å². The van der Waals surface area contributed by atoms with E-state index in [1.807, 2.05) is 20.8 Å². The summed E-state index contributed by atoms with van der Waals surface area (Å²) < 4.78 is 5.41. The Kier molecular flexibility index (Phi) is 3.91. The minimum Gasteiger partial charge on any atom is -0.385 e. The van der Waals surface area contributed by atoms with E-state index in [-0.39, 0.29) is 6.10 Å². The Balaban J connectivity index is 2.13. The van der Waals surface area contributed by atoms with Gasteiger partial charge in [0.25, 0.3) is 0 Å². The van der Waals surface area contributed by atoms with Gasteiger partial charge in [0.15, 0.2) is 0 Å². The summed E-state index contributed by atoms with van der Waals surface area (Å²) in [4.78, 5) is 8.62. The molecule has 0 aromatic carbocycles. The number of aryl methyl sites for hydroxylation is 1. The first-order valence-electron chi connectivity index (χ1n) is 6.67. The monoisotopic (exact) mass is 266 g/mol. The first-order valence-corrected chi connectivity index (χ1v) is 6.67. The number of aromatic nitrogens is 2. The summed E-state index contributed by atoms with van der Waals surface area (Å²) in [5.74, 6) is 1.88. The third-order valence-corrected chi connectivity index (χ3v) is 3.77. The largest absolute Gasteiger partial charge is 0.385 e. The van der Waals surface area contributed by atoms with E-state index in [9.17, 15) is 5.11 Å². The van der Waals surface area contributed by atoms with Crippen molar-refractivity contribution < 1.29 is 9.84 Å². The molecule has 2 atom stereocenters. The van der Waals surface area contributed by atoms with Gasteiger partial charge in [-0.3, -0.25) is 0 Å². The quantitative estimate of drug-likeness (QED) is 0.749. The topological polar surface area (TPSA) is 93.3 Å². The van der Waals surface area contributed by atoms with E-state index in [0.717, 1.165) is 12.0 Å². The molecule has 6 heteroatoms. The number of nitrogens with one attached hydrogen (secondary N) is 1. The Labute approximate surface area is 113 Å². The molecule has 2 unspecified atom stereocenters. The summed E-state index contributed by atoms with van der Waals surface area (Å²) in [6, 6.07) is 0. The molecule has 6 nitrogen and oxygen atoms in total. The molecule has 0 radical (unpaired) electrons. The second kappa shape index (κ2) is 5.30. The molecule has 2 rings (SSSR count). The Morgan fingerprint density at radius 3 is 2.84 bits per heavy atom. The molecule has 1 aliphatic rings. The lowest BCUT2D eigenvalue weighted by atomic mass is 9.97. The maximum absolute atomic E-state index is 10.4. The molecule has 1 aliphatic heterocycles. The zero-order chi connectivity index (χ0) is 14.0. The van der Waals surface area contributed by atoms with Crippen LogP contribution >= 0.6 is 0 Å². The van der Waals surface area contributed by atoms with Crippen LogP contribution in [0.3, 0.4) is 0 Å². The molecule has 1 saturated heterocycles. The molecule has 0 bridgehead atoms. The van der Waals surface area contributed by atoms with Crippen LogP contribution in [0.15, 0.2) is 0 Å². The fourth-order valence-corrected chi connectivity index (χ4v) is 2.15. The minimum atomic E-state index is -0.849. The van der Waals surface area contributed by atoms with Crippen molar-refractivity contribution in [3.8, 4) is 0 Å². The molecule has 2 heterocycles. The van der Waals surface area contributed by atoms with Gasteiger partial charge in [0.2, 0.25) is 0 Å². The van der Waals surface area contributed by atoms with Gasteiger partial charge in [-0.15, -0.1) is 0 Å². The Bertz CT molecular complexity index is 466. The van der Waals surface area contributed by atoms with Crippen LogP contribution in [0.25, 0.3) is 0 Å². The van der Waals surface area contributed by atoms with Crippen molar-refractivity contribution in [3.63, 3.8) is 0 Å². The smallest absolute Gasteiger partial charge is 0.134 e. The molecule has 106 valence electrons. The molecule has 0 amide bonds. The summed E-state index contributed by atoms with van der Waals surface area (Å²) in [6.45, 7) is 6.72. The third-order valence-electron chi connectivity index (χ3n) is 3.77. The van der Waals surface area contributed by atoms with E-state index in [1.165, 1.54) is 0 Å². The van der Waals surface area contributed by atoms with Crippen molar-refractivity contribution in [3.05, 3.63) is 11.4 Å². The number of nitrogens with two attached hydrogens (primary N) is 1. The zero-order valence-corrected chi connectivity index (χ0v) is 11.7. The SMILES string of the molecule is CCc1nc(N)c(C)c(NCC2(O)CCOC2C)n1. The fourth-order valence-electron chi connectivity index (χ4n) is 2.15. The van der Waals surface area contributed by atoms with Crippen LogP contribution in [-0.4, -0.2) is 39.9 Å². The zero-order valence-electron chi connectivity index (χ0n) is 11.7. The van der Waals surface area contributed by atoms with Crippen molar-refractivity contribution in [2.45, 2.75) is 45.3 Å². The van der Waals surface area contributed by atoms with E-state index >= 15 is 0 Å². The maximum atomic E-state index is 10.4. The lowest BCUT2D eigenvalue weighted by molar-refractivity contribution is -0.0176. The highest BCUT2D eigenvalue weighted by atomic mass is 16.5. The number of nitrogens with zero attached hydrogens (tertiary/aromatic N) is 2. The Morgan fingerprint density at radius 1 is 1.53 bits per heavy atom. The second-order valence-electron chi connectivity index (χ2n) is 5.07. The van der Waals surface area contributed by atoms with Crippen molar-refractivity contribution >= 4 is 11.6 Å². The fraction of sp³-hybridized carbons (Fsp3) is 0.692. The first-order chi connectivity index (χ1) is 8.96. The van der Waals surface area contributed by atoms with Gasteiger partial charge in [-0.2, -0.15) is 0 Å². The summed E-state index contributed by atoms with van der Waals surface area (Å²) in [5.41, 5.74) is 5.83. The summed E-state index contributed by atoms with van der Waals surface area (Å²) in [5, 5.41) is 13.6. The Hall–Kier alpha value is -1.40. The highest BCUT2D eigenvalue weighted by Gasteiger charge is 2.39. The molecular weight excluding hydrogens is 244 g/mol. The van der Waals surface area contributed by atoms with E-state index in [2.05, 4.69) is 15.3 Å². The van der Waals surface area contributed by atoms with Gasteiger partial charge >= 0.3 is 0 Å². The third kappa shape index (κ3) is 2.79. The van der Waals surface area contributed by atoms with Crippen molar-refractivity contribution in [1.29, 1.82) is 0 Å². The average molecular weight is 266 g/mol. The number of aliphatic hydroxyl groups is 1. The van der Waals surface area contributed by atoms with Crippen LogP contribution in [-0.2, 0) is 11.2 Å². The van der Waals surface area contributed by atoms with E-state index in [0.29, 0.717) is 37.0 Å². The van der Waals surface area contributed by atoms with Crippen molar-refractivity contribution in [2.75, 3.05) is 24.2 Å². The van der Waals surface area contributed by atoms with Gasteiger partial charge in [0.05, 0.1) is 6.10 Å². The lowest BCUT2D eigenvalue weighted by Gasteiger charge is -2.26. The van der Waals surface area contributed by atoms with Gasteiger partial charge < -0.3 is 20.9 Å². The van der Waals surface area contributed by atoms with Gasteiger partial charge in [0.1, 0.15) is 23.1 Å². The van der Waals surface area contributed by atoms with E-state index in [1.54, 1.807) is 0 Å². The Morgan fingerprint density at radius 2 is 2.26 bits per heavy atom. The van der Waals surface area contributed by atoms with Crippen LogP contribution in [0, 0.1) is 6.92 Å². The standard InChI is InChI=1S/C13H22N4O2/c1-4-10-16-11(14)8(2)12(17-10)15-7-13(18)5-6-19-9(13)3/h9,18H,4-7H2,1-3H3,(H3,14,15,16,17). The van der Waals surface area contributed by atoms with Gasteiger partial charge in [-0.1, -0.05) is 6.92 Å². The predicted octanol–water partition coefficient (Wildman–Crippen LogP) is 0.881. The molecule has 19 heavy (non-hydrogen) atoms. The number of hydrogen-bond donors (Lipinski definition) is 3. The normalized spacial score (nSPS) is 26.6. The average Bonchev–Trinajstić information content (AvgIpc) is 2.71. The molecule has 0 aliphatic carbocycles. The number of ether oxygens (including phenoxy) is 1. The summed E-state index contributed by atoms with van der Waals surface area (Å²) in [6.07, 6.45) is 1.18. The van der Waals surface area contributed by atoms with Crippen molar-refractivity contribution in [2.24, 2.45) is 0 Å². The molecular formula is C13H22N4O2. The second-order valence-corrected chi connectivity index (χ2v) is 5.07. The molecule has 4 N–H and O–H groups in total. The summed E-state index contributed by atoms with van der Waals surface area (Å²) in [7, 11) is 0. The van der Waals surface area contributed by atoms with Gasteiger partial charge in [0, 0.05) is 31.6 Å². The van der Waals surface area contributed by atoms with E-state index in [4.69, 9.17) is 10.5 Å². The molecule has 1 fully saturated rings.